The number of ether oxygens (including phenoxy) is 1. The van der Waals surface area contributed by atoms with E-state index in [1.165, 1.54) is 0 Å². The van der Waals surface area contributed by atoms with Gasteiger partial charge >= 0.3 is 5.97 Å². The quantitative estimate of drug-likeness (QED) is 0.787. The molecule has 20 heavy (non-hydrogen) atoms. The van der Waals surface area contributed by atoms with Crippen LogP contribution in [0.25, 0.3) is 0 Å². The average molecular weight is 294 g/mol. The Balaban J connectivity index is 1.98. The maximum absolute atomic E-state index is 12.8. The zero-order chi connectivity index (χ0) is 14.2. The fourth-order valence-corrected chi connectivity index (χ4v) is 3.07. The first-order valence-corrected chi connectivity index (χ1v) is 7.27. The van der Waals surface area contributed by atoms with Gasteiger partial charge in [-0.05, 0) is 25.0 Å². The maximum Gasteiger partial charge on any atom is 0.307 e. The smallest absolute Gasteiger partial charge is 0.307 e. The molecule has 0 aliphatic carbocycles. The van der Waals surface area contributed by atoms with Crippen LogP contribution >= 0.6 is 11.6 Å². The molecular weight excluding hydrogens is 278 g/mol. The van der Waals surface area contributed by atoms with Crippen LogP contribution in [0.2, 0.25) is 5.02 Å². The van der Waals surface area contributed by atoms with Crippen LogP contribution in [-0.4, -0.2) is 29.9 Å². The highest BCUT2D eigenvalue weighted by atomic mass is 35.5. The van der Waals surface area contributed by atoms with E-state index in [0.717, 1.165) is 25.9 Å². The lowest BCUT2D eigenvalue weighted by atomic mass is 9.89. The molecule has 2 heterocycles. The molecule has 1 atom stereocenters. The minimum atomic E-state index is -1.15. The lowest BCUT2D eigenvalue weighted by Gasteiger charge is -2.31. The Kier molecular flexibility index (Phi) is 3.42. The number of hydrogen-bond donors (Lipinski definition) is 0. The number of hydrogen-bond acceptors (Lipinski definition) is 3. The van der Waals surface area contributed by atoms with E-state index in [1.54, 1.807) is 29.2 Å². The van der Waals surface area contributed by atoms with Gasteiger partial charge in [0.05, 0.1) is 6.42 Å². The first-order valence-electron chi connectivity index (χ1n) is 6.89. The molecule has 5 heteroatoms. The molecule has 1 aromatic carbocycles. The molecule has 0 N–H and O–H groups in total. The SMILES string of the molecule is O=C1CCC(C(=O)N2CCCC2)(c2ccc(Cl)cc2)O1. The second-order valence-corrected chi connectivity index (χ2v) is 5.74. The van der Waals surface area contributed by atoms with E-state index in [-0.39, 0.29) is 18.3 Å². The Bertz CT molecular complexity index is 537. The van der Waals surface area contributed by atoms with Gasteiger partial charge in [0, 0.05) is 30.1 Å². The molecule has 3 rings (SSSR count). The summed E-state index contributed by atoms with van der Waals surface area (Å²) in [5.41, 5.74) is -0.434. The highest BCUT2D eigenvalue weighted by molar-refractivity contribution is 6.30. The summed E-state index contributed by atoms with van der Waals surface area (Å²) < 4.78 is 5.48. The van der Waals surface area contributed by atoms with Crippen molar-refractivity contribution in [3.05, 3.63) is 34.9 Å². The largest absolute Gasteiger partial charge is 0.444 e. The number of carbonyl (C=O) groups excluding carboxylic acids is 2. The van der Waals surface area contributed by atoms with Crippen LogP contribution in [0.5, 0.6) is 0 Å². The van der Waals surface area contributed by atoms with Gasteiger partial charge in [-0.1, -0.05) is 23.7 Å². The van der Waals surface area contributed by atoms with Gasteiger partial charge < -0.3 is 9.64 Å². The molecule has 0 radical (unpaired) electrons. The Morgan fingerprint density at radius 3 is 2.40 bits per heavy atom. The molecule has 2 aliphatic rings. The van der Waals surface area contributed by atoms with Crippen LogP contribution in [0.1, 0.15) is 31.2 Å². The van der Waals surface area contributed by atoms with Crippen molar-refractivity contribution in [3.63, 3.8) is 0 Å². The van der Waals surface area contributed by atoms with Crippen molar-refractivity contribution in [2.45, 2.75) is 31.3 Å². The average Bonchev–Trinajstić information content (AvgIpc) is 3.09. The van der Waals surface area contributed by atoms with Gasteiger partial charge in [-0.3, -0.25) is 9.59 Å². The Morgan fingerprint density at radius 2 is 1.85 bits per heavy atom. The second-order valence-electron chi connectivity index (χ2n) is 5.31. The van der Waals surface area contributed by atoms with Crippen molar-refractivity contribution in [2.75, 3.05) is 13.1 Å². The second kappa shape index (κ2) is 5.09. The summed E-state index contributed by atoms with van der Waals surface area (Å²) in [6.45, 7) is 1.48. The predicted octanol–water partition coefficient (Wildman–Crippen LogP) is 2.49. The number of cyclic esters (lactones) is 1. The minimum Gasteiger partial charge on any atom is -0.444 e. The van der Waals surface area contributed by atoms with Crippen LogP contribution in [-0.2, 0) is 19.9 Å². The topological polar surface area (TPSA) is 46.6 Å². The van der Waals surface area contributed by atoms with Gasteiger partial charge in [0.2, 0.25) is 5.60 Å². The molecule has 2 fully saturated rings. The van der Waals surface area contributed by atoms with Crippen molar-refractivity contribution >= 4 is 23.5 Å². The van der Waals surface area contributed by atoms with Gasteiger partial charge in [0.25, 0.3) is 5.91 Å². The Labute approximate surface area is 122 Å². The highest BCUT2D eigenvalue weighted by Gasteiger charge is 2.50. The van der Waals surface area contributed by atoms with Crippen molar-refractivity contribution in [3.8, 4) is 0 Å². The molecule has 0 aromatic heterocycles. The van der Waals surface area contributed by atoms with Crippen LogP contribution in [0.3, 0.4) is 0 Å². The number of carbonyl (C=O) groups is 2. The molecule has 106 valence electrons. The number of nitrogens with zero attached hydrogens (tertiary/aromatic N) is 1. The number of amides is 1. The fourth-order valence-electron chi connectivity index (χ4n) is 2.95. The summed E-state index contributed by atoms with van der Waals surface area (Å²) in [4.78, 5) is 26.2. The van der Waals surface area contributed by atoms with Crippen molar-refractivity contribution < 1.29 is 14.3 Å². The van der Waals surface area contributed by atoms with Gasteiger partial charge in [-0.15, -0.1) is 0 Å². The Hall–Kier alpha value is -1.55. The third-order valence-corrected chi connectivity index (χ3v) is 4.27. The van der Waals surface area contributed by atoms with Crippen LogP contribution in [0.15, 0.2) is 24.3 Å². The van der Waals surface area contributed by atoms with E-state index < -0.39 is 5.60 Å². The molecule has 0 saturated carbocycles. The van der Waals surface area contributed by atoms with Crippen molar-refractivity contribution in [1.29, 1.82) is 0 Å². The van der Waals surface area contributed by atoms with E-state index in [2.05, 4.69) is 0 Å². The molecular formula is C15H16ClNO3. The van der Waals surface area contributed by atoms with Gasteiger partial charge in [-0.25, -0.2) is 0 Å². The molecule has 1 aromatic rings. The lowest BCUT2D eigenvalue weighted by molar-refractivity contribution is -0.165. The third kappa shape index (κ3) is 2.18. The van der Waals surface area contributed by atoms with E-state index >= 15 is 0 Å². The fraction of sp³-hybridized carbons (Fsp3) is 0.467. The monoisotopic (exact) mass is 293 g/mol. The van der Waals surface area contributed by atoms with Crippen molar-refractivity contribution in [2.24, 2.45) is 0 Å². The van der Waals surface area contributed by atoms with Gasteiger partial charge in [0.15, 0.2) is 0 Å². The summed E-state index contributed by atoms with van der Waals surface area (Å²) in [5, 5.41) is 0.599. The highest BCUT2D eigenvalue weighted by Crippen LogP contribution is 2.39. The minimum absolute atomic E-state index is 0.0943. The van der Waals surface area contributed by atoms with Crippen LogP contribution < -0.4 is 0 Å². The maximum atomic E-state index is 12.8. The number of benzene rings is 1. The van der Waals surface area contributed by atoms with Crippen LogP contribution in [0.4, 0.5) is 0 Å². The van der Waals surface area contributed by atoms with Crippen molar-refractivity contribution in [1.82, 2.24) is 4.90 Å². The zero-order valence-electron chi connectivity index (χ0n) is 11.1. The number of esters is 1. The van der Waals surface area contributed by atoms with E-state index in [1.807, 2.05) is 0 Å². The number of rotatable bonds is 2. The molecule has 2 aliphatic heterocycles. The number of likely N-dealkylation sites (tertiary alicyclic amines) is 1. The van der Waals surface area contributed by atoms with Gasteiger partial charge in [0.1, 0.15) is 0 Å². The molecule has 2 saturated heterocycles. The number of halogens is 1. The van der Waals surface area contributed by atoms with E-state index in [0.29, 0.717) is 17.0 Å². The third-order valence-electron chi connectivity index (χ3n) is 4.02. The zero-order valence-corrected chi connectivity index (χ0v) is 11.9. The summed E-state index contributed by atoms with van der Waals surface area (Å²) >= 11 is 5.90. The first kappa shape index (κ1) is 13.4. The standard InChI is InChI=1S/C15H16ClNO3/c16-12-5-3-11(4-6-12)15(8-7-13(18)20-15)14(19)17-9-1-2-10-17/h3-6H,1-2,7-10H2. The molecule has 0 bridgehead atoms. The summed E-state index contributed by atoms with van der Waals surface area (Å²) in [5.74, 6) is -0.407. The van der Waals surface area contributed by atoms with E-state index in [4.69, 9.17) is 16.3 Å². The van der Waals surface area contributed by atoms with Crippen LogP contribution in [0, 0.1) is 0 Å². The summed E-state index contributed by atoms with van der Waals surface area (Å²) in [7, 11) is 0. The first-order chi connectivity index (χ1) is 9.62. The predicted molar refractivity (Wildman–Crippen MR) is 74.3 cm³/mol. The summed E-state index contributed by atoms with van der Waals surface area (Å²) in [6.07, 6.45) is 2.71. The summed E-state index contributed by atoms with van der Waals surface area (Å²) in [6, 6.07) is 6.99. The molecule has 1 amide bonds. The lowest BCUT2D eigenvalue weighted by Crippen LogP contribution is -2.45. The van der Waals surface area contributed by atoms with E-state index in [9.17, 15) is 9.59 Å². The molecule has 0 spiro atoms. The molecule has 1 unspecified atom stereocenters. The normalized spacial score (nSPS) is 25.9. The molecule has 4 nitrogen and oxygen atoms in total. The Morgan fingerprint density at radius 1 is 1.20 bits per heavy atom. The van der Waals surface area contributed by atoms with Gasteiger partial charge in [-0.2, -0.15) is 0 Å².